The summed E-state index contributed by atoms with van der Waals surface area (Å²) in [6, 6.07) is 0. The highest BCUT2D eigenvalue weighted by Crippen LogP contribution is 2.26. The van der Waals surface area contributed by atoms with Gasteiger partial charge in [-0.3, -0.25) is 5.41 Å². The number of rotatable bonds is 9. The maximum absolute atomic E-state index is 12.7. The first-order valence-corrected chi connectivity index (χ1v) is 8.71. The number of nitrogens with zero attached hydrogens (tertiary/aromatic N) is 1. The Hall–Kier alpha value is -2.25. The van der Waals surface area contributed by atoms with Crippen LogP contribution in [-0.4, -0.2) is 37.0 Å². The SMILES string of the molecule is CCCC(C)OC1=C(C)/C(=N/OC(=O)/C(=C/NC)C(=N)C(F)F)CCC1. The molecule has 0 radical (unpaired) electrons. The Morgan fingerprint density at radius 2 is 2.12 bits per heavy atom. The zero-order valence-corrected chi connectivity index (χ0v) is 15.7. The maximum Gasteiger partial charge on any atom is 0.369 e. The summed E-state index contributed by atoms with van der Waals surface area (Å²) in [5.74, 6) is -0.282. The summed E-state index contributed by atoms with van der Waals surface area (Å²) in [7, 11) is 1.44. The van der Waals surface area contributed by atoms with Gasteiger partial charge in [0.2, 0.25) is 0 Å². The Labute approximate surface area is 152 Å². The van der Waals surface area contributed by atoms with Crippen molar-refractivity contribution in [2.75, 3.05) is 7.05 Å². The van der Waals surface area contributed by atoms with Crippen LogP contribution in [-0.2, 0) is 14.4 Å². The topological polar surface area (TPSA) is 83.8 Å². The van der Waals surface area contributed by atoms with E-state index in [1.165, 1.54) is 7.05 Å². The zero-order chi connectivity index (χ0) is 19.7. The summed E-state index contributed by atoms with van der Waals surface area (Å²) in [5.41, 5.74) is -0.319. The molecule has 1 aliphatic carbocycles. The van der Waals surface area contributed by atoms with E-state index in [0.717, 1.165) is 43.2 Å². The molecule has 1 unspecified atom stereocenters. The monoisotopic (exact) mass is 371 g/mol. The predicted octanol–water partition coefficient (Wildman–Crippen LogP) is 3.94. The van der Waals surface area contributed by atoms with Crippen LogP contribution in [0.5, 0.6) is 0 Å². The van der Waals surface area contributed by atoms with Gasteiger partial charge in [0.1, 0.15) is 17.0 Å². The van der Waals surface area contributed by atoms with Crippen molar-refractivity contribution >= 4 is 17.4 Å². The third kappa shape index (κ3) is 6.24. The Morgan fingerprint density at radius 1 is 1.42 bits per heavy atom. The van der Waals surface area contributed by atoms with Crippen LogP contribution in [0.25, 0.3) is 0 Å². The van der Waals surface area contributed by atoms with E-state index in [0.29, 0.717) is 12.1 Å². The van der Waals surface area contributed by atoms with Gasteiger partial charge in [-0.05, 0) is 33.1 Å². The molecule has 0 fully saturated rings. The van der Waals surface area contributed by atoms with E-state index in [1.54, 1.807) is 0 Å². The van der Waals surface area contributed by atoms with Crippen molar-refractivity contribution in [2.45, 2.75) is 65.4 Å². The van der Waals surface area contributed by atoms with Crippen molar-refractivity contribution in [1.29, 1.82) is 5.41 Å². The molecule has 2 N–H and O–H groups in total. The predicted molar refractivity (Wildman–Crippen MR) is 96.4 cm³/mol. The second-order valence-corrected chi connectivity index (χ2v) is 6.10. The molecule has 0 aliphatic heterocycles. The molecule has 6 nitrogen and oxygen atoms in total. The fraction of sp³-hybridized carbons (Fsp3) is 0.611. The molecule has 0 heterocycles. The molecule has 146 valence electrons. The maximum atomic E-state index is 12.7. The third-order valence-electron chi connectivity index (χ3n) is 3.96. The lowest BCUT2D eigenvalue weighted by atomic mass is 9.96. The van der Waals surface area contributed by atoms with Crippen LogP contribution in [0.3, 0.4) is 0 Å². The molecular weight excluding hydrogens is 344 g/mol. The number of halogens is 2. The molecule has 1 aliphatic rings. The number of nitrogens with one attached hydrogen (secondary N) is 2. The minimum absolute atomic E-state index is 0.0866. The number of carbonyl (C=O) groups excluding carboxylic acids is 1. The highest BCUT2D eigenvalue weighted by molar-refractivity contribution is 6.19. The van der Waals surface area contributed by atoms with E-state index in [1.807, 2.05) is 13.8 Å². The molecule has 0 saturated heterocycles. The summed E-state index contributed by atoms with van der Waals surface area (Å²) >= 11 is 0. The summed E-state index contributed by atoms with van der Waals surface area (Å²) in [5, 5.41) is 13.6. The van der Waals surface area contributed by atoms with Crippen molar-refractivity contribution in [3.05, 3.63) is 23.1 Å². The number of oxime groups is 1. The van der Waals surface area contributed by atoms with E-state index in [4.69, 9.17) is 15.0 Å². The minimum Gasteiger partial charge on any atom is -0.495 e. The molecule has 0 bridgehead atoms. The Bertz CT molecular complexity index is 613. The van der Waals surface area contributed by atoms with Crippen LogP contribution < -0.4 is 5.32 Å². The van der Waals surface area contributed by atoms with Gasteiger partial charge >= 0.3 is 5.97 Å². The normalized spacial score (nSPS) is 18.1. The molecule has 0 aromatic heterocycles. The summed E-state index contributed by atoms with van der Waals surface area (Å²) in [6.45, 7) is 5.92. The van der Waals surface area contributed by atoms with Crippen LogP contribution in [0.4, 0.5) is 8.78 Å². The van der Waals surface area contributed by atoms with Crippen molar-refractivity contribution in [3.63, 3.8) is 0 Å². The fourth-order valence-electron chi connectivity index (χ4n) is 2.58. The minimum atomic E-state index is -3.08. The Kier molecular flexibility index (Phi) is 8.95. The van der Waals surface area contributed by atoms with Crippen molar-refractivity contribution in [1.82, 2.24) is 5.32 Å². The smallest absolute Gasteiger partial charge is 0.369 e. The molecule has 0 aromatic carbocycles. The average molecular weight is 371 g/mol. The fourth-order valence-corrected chi connectivity index (χ4v) is 2.58. The molecule has 0 saturated carbocycles. The van der Waals surface area contributed by atoms with Crippen molar-refractivity contribution in [2.24, 2.45) is 5.16 Å². The van der Waals surface area contributed by atoms with E-state index < -0.39 is 23.7 Å². The van der Waals surface area contributed by atoms with Gasteiger partial charge in [0.05, 0.1) is 11.8 Å². The molecule has 1 rings (SSSR count). The van der Waals surface area contributed by atoms with Gasteiger partial charge in [0.15, 0.2) is 0 Å². The van der Waals surface area contributed by atoms with Gasteiger partial charge in [-0.2, -0.15) is 0 Å². The van der Waals surface area contributed by atoms with E-state index in [9.17, 15) is 13.6 Å². The number of alkyl halides is 2. The van der Waals surface area contributed by atoms with Crippen molar-refractivity contribution < 1.29 is 23.1 Å². The Balaban J connectivity index is 2.89. The van der Waals surface area contributed by atoms with Crippen molar-refractivity contribution in [3.8, 4) is 0 Å². The second kappa shape index (κ2) is 10.7. The number of carbonyl (C=O) groups is 1. The standard InChI is InChI=1S/C18H27F2N3O3/c1-5-7-11(2)25-15-9-6-8-14(12(15)3)23-26-18(24)13(10-22-4)16(21)17(19)20/h10-11,17,21-22H,5-9H2,1-4H3/b13-10+,21-16?,23-14+. The summed E-state index contributed by atoms with van der Waals surface area (Å²) < 4.78 is 31.3. The first kappa shape index (κ1) is 21.8. The average Bonchev–Trinajstić information content (AvgIpc) is 2.59. The molecule has 8 heteroatoms. The van der Waals surface area contributed by atoms with Gasteiger partial charge in [-0.15, -0.1) is 0 Å². The largest absolute Gasteiger partial charge is 0.495 e. The zero-order valence-electron chi connectivity index (χ0n) is 15.7. The number of ether oxygens (including phenoxy) is 1. The van der Waals surface area contributed by atoms with E-state index >= 15 is 0 Å². The molecular formula is C18H27F2N3O3. The van der Waals surface area contributed by atoms with Crippen LogP contribution in [0, 0.1) is 5.41 Å². The van der Waals surface area contributed by atoms with Crippen LogP contribution in [0.1, 0.15) is 52.9 Å². The highest BCUT2D eigenvalue weighted by atomic mass is 19.3. The summed E-state index contributed by atoms with van der Waals surface area (Å²) in [4.78, 5) is 16.8. The highest BCUT2D eigenvalue weighted by Gasteiger charge is 2.25. The quantitative estimate of drug-likeness (QED) is 0.278. The van der Waals surface area contributed by atoms with Gasteiger partial charge in [-0.1, -0.05) is 18.5 Å². The van der Waals surface area contributed by atoms with Crippen LogP contribution >= 0.6 is 0 Å². The lowest BCUT2D eigenvalue weighted by Crippen LogP contribution is -2.22. The number of allylic oxidation sites excluding steroid dienone is 2. The summed E-state index contributed by atoms with van der Waals surface area (Å²) in [6.07, 6.45) is 2.15. The van der Waals surface area contributed by atoms with Gasteiger partial charge in [0, 0.05) is 25.2 Å². The van der Waals surface area contributed by atoms with Gasteiger partial charge in [-0.25, -0.2) is 13.6 Å². The van der Waals surface area contributed by atoms with Crippen LogP contribution in [0.15, 0.2) is 28.3 Å². The number of hydrogen-bond donors (Lipinski definition) is 2. The Morgan fingerprint density at radius 3 is 2.69 bits per heavy atom. The lowest BCUT2D eigenvalue weighted by Gasteiger charge is -2.23. The van der Waals surface area contributed by atoms with Gasteiger partial charge < -0.3 is 14.9 Å². The second-order valence-electron chi connectivity index (χ2n) is 6.10. The molecule has 0 amide bonds. The first-order chi connectivity index (χ1) is 12.3. The first-order valence-electron chi connectivity index (χ1n) is 8.71. The molecule has 1 atom stereocenters. The number of hydrogen-bond acceptors (Lipinski definition) is 6. The van der Waals surface area contributed by atoms with E-state index in [-0.39, 0.29) is 6.10 Å². The van der Waals surface area contributed by atoms with E-state index in [2.05, 4.69) is 17.4 Å². The van der Waals surface area contributed by atoms with Gasteiger partial charge in [0.25, 0.3) is 6.43 Å². The molecule has 0 spiro atoms. The third-order valence-corrected chi connectivity index (χ3v) is 3.96. The van der Waals surface area contributed by atoms with Crippen LogP contribution in [0.2, 0.25) is 0 Å². The molecule has 0 aromatic rings. The lowest BCUT2D eigenvalue weighted by molar-refractivity contribution is -0.138. The molecule has 26 heavy (non-hydrogen) atoms.